The zero-order chi connectivity index (χ0) is 21.2. The van der Waals surface area contributed by atoms with Gasteiger partial charge in [-0.2, -0.15) is 9.97 Å². The minimum Gasteiger partial charge on any atom is -0.463 e. The first kappa shape index (κ1) is 20.2. The van der Waals surface area contributed by atoms with E-state index in [2.05, 4.69) is 44.5 Å². The van der Waals surface area contributed by atoms with Crippen LogP contribution in [0.3, 0.4) is 0 Å². The van der Waals surface area contributed by atoms with Crippen molar-refractivity contribution in [1.29, 1.82) is 5.41 Å². The summed E-state index contributed by atoms with van der Waals surface area (Å²) in [5.41, 5.74) is 9.03. The molecule has 2 aliphatic heterocycles. The number of nitrogen functional groups attached to an aromatic ring is 1. The number of anilines is 2. The van der Waals surface area contributed by atoms with Gasteiger partial charge in [-0.3, -0.25) is 4.90 Å². The Labute approximate surface area is 182 Å². The molecule has 3 heterocycles. The first-order valence-electron chi connectivity index (χ1n) is 11.1. The third-order valence-electron chi connectivity index (χ3n) is 6.72. The molecule has 0 amide bonds. The fourth-order valence-corrected chi connectivity index (χ4v) is 4.73. The van der Waals surface area contributed by atoms with Gasteiger partial charge in [-0.1, -0.05) is 24.3 Å². The highest BCUT2D eigenvalue weighted by molar-refractivity contribution is 5.90. The molecule has 3 aliphatic rings. The molecule has 0 radical (unpaired) electrons. The van der Waals surface area contributed by atoms with E-state index in [0.717, 1.165) is 25.3 Å². The summed E-state index contributed by atoms with van der Waals surface area (Å²) in [5, 5.41) is 11.0. The van der Waals surface area contributed by atoms with Crippen molar-refractivity contribution in [2.75, 3.05) is 44.0 Å². The molecule has 8 nitrogen and oxygen atoms in total. The second kappa shape index (κ2) is 8.80. The lowest BCUT2D eigenvalue weighted by Gasteiger charge is -2.15. The quantitative estimate of drug-likeness (QED) is 0.533. The lowest BCUT2D eigenvalue weighted by Crippen LogP contribution is -2.18. The summed E-state index contributed by atoms with van der Waals surface area (Å²) in [7, 11) is 0. The largest absolute Gasteiger partial charge is 0.463 e. The topological polar surface area (TPSA) is 109 Å². The Balaban J connectivity index is 1.20. The van der Waals surface area contributed by atoms with E-state index >= 15 is 0 Å². The third kappa shape index (κ3) is 4.50. The highest BCUT2D eigenvalue weighted by Gasteiger charge is 2.54. The number of hydrogen-bond donors (Lipinski definition) is 3. The summed E-state index contributed by atoms with van der Waals surface area (Å²) in [4.78, 5) is 11.2. The first-order valence-corrected chi connectivity index (χ1v) is 11.1. The Kier molecular flexibility index (Phi) is 5.74. The van der Waals surface area contributed by atoms with Gasteiger partial charge in [0.1, 0.15) is 11.6 Å². The van der Waals surface area contributed by atoms with Crippen LogP contribution in [-0.2, 0) is 17.8 Å². The van der Waals surface area contributed by atoms with Gasteiger partial charge in [-0.25, -0.2) is 0 Å². The van der Waals surface area contributed by atoms with E-state index in [1.54, 1.807) is 0 Å². The fourth-order valence-electron chi connectivity index (χ4n) is 4.73. The number of rotatable bonds is 9. The van der Waals surface area contributed by atoms with Crippen molar-refractivity contribution >= 4 is 17.9 Å². The Morgan fingerprint density at radius 3 is 2.55 bits per heavy atom. The number of aromatic nitrogens is 2. The van der Waals surface area contributed by atoms with Crippen LogP contribution in [0.4, 0.5) is 11.6 Å². The molecule has 164 valence electrons. The van der Waals surface area contributed by atoms with E-state index in [4.69, 9.17) is 20.6 Å². The van der Waals surface area contributed by atoms with Crippen molar-refractivity contribution < 1.29 is 9.47 Å². The number of fused-ring (bicyclic) bond motifs is 1. The average Bonchev–Trinajstić information content (AvgIpc) is 3.16. The van der Waals surface area contributed by atoms with Crippen LogP contribution in [0.2, 0.25) is 0 Å². The van der Waals surface area contributed by atoms with Gasteiger partial charge in [0.05, 0.1) is 25.4 Å². The number of nitrogens with zero attached hydrogens (tertiary/aromatic N) is 3. The van der Waals surface area contributed by atoms with E-state index in [0.29, 0.717) is 42.3 Å². The SMILES string of the molecule is N=Cc1c(N)nc(OCC2C3COCC32)nc1NCc1ccc(CN2CCCC2)cc1. The second-order valence-corrected chi connectivity index (χ2v) is 8.79. The molecule has 2 aromatic rings. The van der Waals surface area contributed by atoms with E-state index in [9.17, 15) is 0 Å². The summed E-state index contributed by atoms with van der Waals surface area (Å²) in [6, 6.07) is 8.91. The van der Waals surface area contributed by atoms with Crippen LogP contribution < -0.4 is 15.8 Å². The smallest absolute Gasteiger partial charge is 0.320 e. The van der Waals surface area contributed by atoms with Gasteiger partial charge in [0.25, 0.3) is 0 Å². The molecule has 1 aromatic carbocycles. The van der Waals surface area contributed by atoms with Gasteiger partial charge in [0, 0.05) is 25.2 Å². The van der Waals surface area contributed by atoms with Gasteiger partial charge >= 0.3 is 6.01 Å². The van der Waals surface area contributed by atoms with Crippen LogP contribution in [0.25, 0.3) is 0 Å². The minimum absolute atomic E-state index is 0.253. The molecule has 8 heteroatoms. The molecule has 1 saturated carbocycles. The number of nitrogens with two attached hydrogens (primary N) is 1. The molecular formula is C23H30N6O2. The number of benzene rings is 1. The minimum atomic E-state index is 0.253. The monoisotopic (exact) mass is 422 g/mol. The normalized spacial score (nSPS) is 24.7. The van der Waals surface area contributed by atoms with Crippen molar-refractivity contribution in [3.63, 3.8) is 0 Å². The van der Waals surface area contributed by atoms with E-state index < -0.39 is 0 Å². The predicted octanol–water partition coefficient (Wildman–Crippen LogP) is 2.54. The van der Waals surface area contributed by atoms with Crippen LogP contribution in [0.15, 0.2) is 24.3 Å². The molecule has 4 N–H and O–H groups in total. The second-order valence-electron chi connectivity index (χ2n) is 8.79. The zero-order valence-corrected chi connectivity index (χ0v) is 17.7. The third-order valence-corrected chi connectivity index (χ3v) is 6.72. The van der Waals surface area contributed by atoms with Gasteiger partial charge in [0.2, 0.25) is 0 Å². The van der Waals surface area contributed by atoms with Crippen LogP contribution >= 0.6 is 0 Å². The predicted molar refractivity (Wildman–Crippen MR) is 119 cm³/mol. The molecule has 31 heavy (non-hydrogen) atoms. The van der Waals surface area contributed by atoms with E-state index in [1.807, 2.05) is 0 Å². The molecule has 0 spiro atoms. The van der Waals surface area contributed by atoms with E-state index in [-0.39, 0.29) is 11.8 Å². The Morgan fingerprint density at radius 1 is 1.13 bits per heavy atom. The highest BCUT2D eigenvalue weighted by atomic mass is 16.5. The first-order chi connectivity index (χ1) is 15.2. The molecule has 0 bridgehead atoms. The van der Waals surface area contributed by atoms with Crippen molar-refractivity contribution in [2.45, 2.75) is 25.9 Å². The molecule has 5 rings (SSSR count). The summed E-state index contributed by atoms with van der Waals surface area (Å²) in [6.07, 6.45) is 3.80. The number of hydrogen-bond acceptors (Lipinski definition) is 8. The Hall–Kier alpha value is -2.71. The number of nitrogens with one attached hydrogen (secondary N) is 2. The number of likely N-dealkylation sites (tertiary alicyclic amines) is 1. The highest BCUT2D eigenvalue weighted by Crippen LogP contribution is 2.50. The van der Waals surface area contributed by atoms with Crippen molar-refractivity contribution in [2.24, 2.45) is 17.8 Å². The summed E-state index contributed by atoms with van der Waals surface area (Å²) < 4.78 is 11.3. The van der Waals surface area contributed by atoms with Gasteiger partial charge in [0.15, 0.2) is 0 Å². The lowest BCUT2D eigenvalue weighted by atomic mass is 10.1. The van der Waals surface area contributed by atoms with Crippen LogP contribution in [0, 0.1) is 23.2 Å². The zero-order valence-electron chi connectivity index (χ0n) is 17.7. The average molecular weight is 423 g/mol. The fraction of sp³-hybridized carbons (Fsp3) is 0.522. The van der Waals surface area contributed by atoms with Gasteiger partial charge in [-0.05, 0) is 48.9 Å². The summed E-state index contributed by atoms with van der Waals surface area (Å²) in [5.74, 6) is 2.53. The molecule has 2 atom stereocenters. The molecule has 1 aliphatic carbocycles. The van der Waals surface area contributed by atoms with Crippen LogP contribution in [-0.4, -0.2) is 54.0 Å². The molecule has 1 aromatic heterocycles. The molecule has 3 fully saturated rings. The maximum atomic E-state index is 7.70. The molecular weight excluding hydrogens is 392 g/mol. The Morgan fingerprint density at radius 2 is 1.84 bits per heavy atom. The summed E-state index contributed by atoms with van der Waals surface area (Å²) in [6.45, 7) is 6.25. The van der Waals surface area contributed by atoms with Crippen LogP contribution in [0.1, 0.15) is 29.5 Å². The molecule has 2 saturated heterocycles. The summed E-state index contributed by atoms with van der Waals surface area (Å²) >= 11 is 0. The van der Waals surface area contributed by atoms with Crippen molar-refractivity contribution in [3.05, 3.63) is 41.0 Å². The number of ether oxygens (including phenoxy) is 2. The van der Waals surface area contributed by atoms with Crippen LogP contribution in [0.5, 0.6) is 6.01 Å². The van der Waals surface area contributed by atoms with Crippen molar-refractivity contribution in [3.8, 4) is 6.01 Å². The van der Waals surface area contributed by atoms with Gasteiger partial charge in [-0.15, -0.1) is 0 Å². The van der Waals surface area contributed by atoms with Crippen molar-refractivity contribution in [1.82, 2.24) is 14.9 Å². The Bertz CT molecular complexity index is 918. The maximum absolute atomic E-state index is 7.70. The van der Waals surface area contributed by atoms with E-state index in [1.165, 1.54) is 37.7 Å². The molecule has 2 unspecified atom stereocenters. The maximum Gasteiger partial charge on any atom is 0.320 e. The lowest BCUT2D eigenvalue weighted by molar-refractivity contribution is 0.135. The van der Waals surface area contributed by atoms with Gasteiger partial charge < -0.3 is 25.9 Å². The standard InChI is InChI=1S/C23H30N6O2/c24-9-17-21(25)27-23(31-14-20-18-12-30-13-19(18)20)28-22(17)26-10-15-3-5-16(6-4-15)11-29-7-1-2-8-29/h3-6,9,18-20,24H,1-2,7-8,10-14H2,(H3,25,26,27,28).